The van der Waals surface area contributed by atoms with Gasteiger partial charge >= 0.3 is 0 Å². The van der Waals surface area contributed by atoms with E-state index in [2.05, 4.69) is 4.90 Å². The Labute approximate surface area is 73.4 Å². The molecule has 1 aliphatic heterocycles. The minimum atomic E-state index is -0.318. The molecule has 1 fully saturated rings. The zero-order chi connectivity index (χ0) is 9.30. The van der Waals surface area contributed by atoms with Gasteiger partial charge in [-0.05, 0) is 27.2 Å². The molecule has 1 N–H and O–H groups in total. The first-order valence-corrected chi connectivity index (χ1v) is 4.46. The molecule has 70 valence electrons. The van der Waals surface area contributed by atoms with Crippen molar-refractivity contribution in [3.05, 3.63) is 0 Å². The number of rotatable bonds is 2. The number of aliphatic hydroxyl groups excluding tert-OH is 1. The molecule has 12 heavy (non-hydrogen) atoms. The van der Waals surface area contributed by atoms with Gasteiger partial charge in [-0.3, -0.25) is 9.69 Å². The highest BCUT2D eigenvalue weighted by atomic mass is 16.3. The Bertz CT molecular complexity index is 179. The Hall–Kier alpha value is -0.410. The molecule has 1 rings (SSSR count). The molecule has 0 aliphatic carbocycles. The summed E-state index contributed by atoms with van der Waals surface area (Å²) in [5.74, 6) is 0.167. The topological polar surface area (TPSA) is 40.5 Å². The molecule has 2 atom stereocenters. The van der Waals surface area contributed by atoms with E-state index in [9.17, 15) is 9.90 Å². The fourth-order valence-corrected chi connectivity index (χ4v) is 1.81. The van der Waals surface area contributed by atoms with Crippen molar-refractivity contribution in [3.63, 3.8) is 0 Å². The van der Waals surface area contributed by atoms with Gasteiger partial charge in [0.2, 0.25) is 0 Å². The van der Waals surface area contributed by atoms with Crippen molar-refractivity contribution in [2.75, 3.05) is 6.54 Å². The number of ketones is 1. The predicted molar refractivity (Wildman–Crippen MR) is 46.9 cm³/mol. The van der Waals surface area contributed by atoms with Crippen LogP contribution in [0.15, 0.2) is 0 Å². The molecule has 0 saturated carbocycles. The van der Waals surface area contributed by atoms with Crippen LogP contribution in [0.1, 0.15) is 27.2 Å². The number of nitrogens with zero attached hydrogens (tertiary/aromatic N) is 1. The van der Waals surface area contributed by atoms with Gasteiger partial charge in [0.1, 0.15) is 5.78 Å². The fourth-order valence-electron chi connectivity index (χ4n) is 1.81. The van der Waals surface area contributed by atoms with E-state index in [1.807, 2.05) is 13.8 Å². The highest BCUT2D eigenvalue weighted by Gasteiger charge is 2.34. The third-order valence-electron chi connectivity index (χ3n) is 2.45. The molecule has 1 aliphatic rings. The predicted octanol–water partition coefficient (Wildman–Crippen LogP) is 0.419. The standard InChI is InChI=1S/C9H17NO2/c1-6(2)10-5-8(12)4-9(10)7(3)11/h6,8-9,12H,4-5H2,1-3H3/t8?,9-/m0/s1. The molecule has 0 aromatic carbocycles. The van der Waals surface area contributed by atoms with Crippen molar-refractivity contribution >= 4 is 5.78 Å². The summed E-state index contributed by atoms with van der Waals surface area (Å²) in [5, 5.41) is 9.37. The molecule has 0 aromatic rings. The first-order chi connectivity index (χ1) is 5.52. The lowest BCUT2D eigenvalue weighted by Gasteiger charge is -2.25. The second-order valence-corrected chi connectivity index (χ2v) is 3.81. The van der Waals surface area contributed by atoms with Gasteiger partial charge in [-0.25, -0.2) is 0 Å². The second-order valence-electron chi connectivity index (χ2n) is 3.81. The summed E-state index contributed by atoms with van der Waals surface area (Å²) >= 11 is 0. The minimum Gasteiger partial charge on any atom is -0.392 e. The van der Waals surface area contributed by atoms with E-state index in [1.165, 1.54) is 0 Å². The van der Waals surface area contributed by atoms with E-state index < -0.39 is 0 Å². The van der Waals surface area contributed by atoms with Crippen LogP contribution in [0.5, 0.6) is 0 Å². The molecule has 0 amide bonds. The zero-order valence-corrected chi connectivity index (χ0v) is 7.95. The molecular weight excluding hydrogens is 154 g/mol. The van der Waals surface area contributed by atoms with Crippen molar-refractivity contribution < 1.29 is 9.90 Å². The lowest BCUT2D eigenvalue weighted by Crippen LogP contribution is -2.39. The smallest absolute Gasteiger partial charge is 0.147 e. The van der Waals surface area contributed by atoms with Crippen molar-refractivity contribution in [1.82, 2.24) is 4.90 Å². The number of hydrogen-bond donors (Lipinski definition) is 1. The average molecular weight is 171 g/mol. The average Bonchev–Trinajstić information content (AvgIpc) is 2.31. The number of hydrogen-bond acceptors (Lipinski definition) is 3. The summed E-state index contributed by atoms with van der Waals surface area (Å²) in [6.07, 6.45) is 0.286. The van der Waals surface area contributed by atoms with Gasteiger partial charge < -0.3 is 5.11 Å². The summed E-state index contributed by atoms with van der Waals surface area (Å²) in [5.41, 5.74) is 0. The molecular formula is C9H17NO2. The van der Waals surface area contributed by atoms with Crippen LogP contribution in [0.4, 0.5) is 0 Å². The maximum Gasteiger partial charge on any atom is 0.147 e. The number of β-amino-alcohol motifs (C(OH)–C–C–N with tert-alkyl or cyclic N) is 1. The minimum absolute atomic E-state index is 0.0556. The maximum atomic E-state index is 11.2. The molecule has 1 heterocycles. The number of Topliss-reactive ketones (excluding diaryl/α,β-unsaturated/α-hetero) is 1. The number of carbonyl (C=O) groups excluding carboxylic acids is 1. The SMILES string of the molecule is CC(=O)[C@@H]1CC(O)CN1C(C)C. The van der Waals surface area contributed by atoms with E-state index in [4.69, 9.17) is 0 Å². The van der Waals surface area contributed by atoms with Crippen LogP contribution in [-0.4, -0.2) is 40.5 Å². The Morgan fingerprint density at radius 3 is 2.50 bits per heavy atom. The Morgan fingerprint density at radius 2 is 2.17 bits per heavy atom. The third kappa shape index (κ3) is 1.84. The summed E-state index contributed by atoms with van der Waals surface area (Å²) in [6, 6.07) is 0.288. The Kier molecular flexibility index (Phi) is 2.85. The summed E-state index contributed by atoms with van der Waals surface area (Å²) < 4.78 is 0. The third-order valence-corrected chi connectivity index (χ3v) is 2.45. The molecule has 0 spiro atoms. The largest absolute Gasteiger partial charge is 0.392 e. The molecule has 0 radical (unpaired) electrons. The van der Waals surface area contributed by atoms with Crippen molar-refractivity contribution in [2.24, 2.45) is 0 Å². The van der Waals surface area contributed by atoms with E-state index in [0.29, 0.717) is 19.0 Å². The van der Waals surface area contributed by atoms with Gasteiger partial charge in [0, 0.05) is 12.6 Å². The molecule has 1 saturated heterocycles. The van der Waals surface area contributed by atoms with E-state index in [1.54, 1.807) is 6.92 Å². The van der Waals surface area contributed by atoms with Crippen LogP contribution in [0.2, 0.25) is 0 Å². The zero-order valence-electron chi connectivity index (χ0n) is 7.95. The summed E-state index contributed by atoms with van der Waals surface area (Å²) in [7, 11) is 0. The van der Waals surface area contributed by atoms with E-state index >= 15 is 0 Å². The van der Waals surface area contributed by atoms with Crippen LogP contribution in [-0.2, 0) is 4.79 Å². The van der Waals surface area contributed by atoms with E-state index in [-0.39, 0.29) is 17.9 Å². The van der Waals surface area contributed by atoms with Gasteiger partial charge in [0.05, 0.1) is 12.1 Å². The second kappa shape index (κ2) is 3.54. The molecule has 0 bridgehead atoms. The normalized spacial score (nSPS) is 31.4. The first-order valence-electron chi connectivity index (χ1n) is 4.46. The van der Waals surface area contributed by atoms with Crippen molar-refractivity contribution in [2.45, 2.75) is 45.4 Å². The fraction of sp³-hybridized carbons (Fsp3) is 0.889. The Balaban J connectivity index is 2.65. The van der Waals surface area contributed by atoms with Gasteiger partial charge in [-0.2, -0.15) is 0 Å². The van der Waals surface area contributed by atoms with Crippen LogP contribution in [0.25, 0.3) is 0 Å². The number of aliphatic hydroxyl groups is 1. The monoisotopic (exact) mass is 171 g/mol. The number of likely N-dealkylation sites (tertiary alicyclic amines) is 1. The molecule has 0 aromatic heterocycles. The van der Waals surface area contributed by atoms with Crippen molar-refractivity contribution in [3.8, 4) is 0 Å². The Morgan fingerprint density at radius 1 is 1.58 bits per heavy atom. The summed E-state index contributed by atoms with van der Waals surface area (Å²) in [4.78, 5) is 13.2. The quantitative estimate of drug-likeness (QED) is 0.654. The molecule has 3 nitrogen and oxygen atoms in total. The van der Waals surface area contributed by atoms with Gasteiger partial charge in [-0.15, -0.1) is 0 Å². The van der Waals surface area contributed by atoms with Crippen LogP contribution < -0.4 is 0 Å². The van der Waals surface area contributed by atoms with Crippen LogP contribution in [0, 0.1) is 0 Å². The van der Waals surface area contributed by atoms with Gasteiger partial charge in [0.25, 0.3) is 0 Å². The lowest BCUT2D eigenvalue weighted by molar-refractivity contribution is -0.121. The summed E-state index contributed by atoms with van der Waals surface area (Å²) in [6.45, 7) is 6.34. The van der Waals surface area contributed by atoms with Gasteiger partial charge in [-0.1, -0.05) is 0 Å². The first kappa shape index (κ1) is 9.68. The maximum absolute atomic E-state index is 11.2. The number of carbonyl (C=O) groups is 1. The van der Waals surface area contributed by atoms with Crippen LogP contribution >= 0.6 is 0 Å². The van der Waals surface area contributed by atoms with Crippen LogP contribution in [0.3, 0.4) is 0 Å². The molecule has 3 heteroatoms. The van der Waals surface area contributed by atoms with Crippen molar-refractivity contribution in [1.29, 1.82) is 0 Å². The lowest BCUT2D eigenvalue weighted by atomic mass is 10.1. The molecule has 1 unspecified atom stereocenters. The highest BCUT2D eigenvalue weighted by molar-refractivity contribution is 5.81. The van der Waals surface area contributed by atoms with E-state index in [0.717, 1.165) is 0 Å². The highest BCUT2D eigenvalue weighted by Crippen LogP contribution is 2.20. The van der Waals surface area contributed by atoms with Gasteiger partial charge in [0.15, 0.2) is 0 Å².